The summed E-state index contributed by atoms with van der Waals surface area (Å²) in [6.45, 7) is 3.80. The first-order valence-electron chi connectivity index (χ1n) is 9.58. The van der Waals surface area contributed by atoms with Gasteiger partial charge in [0.2, 0.25) is 12.7 Å². The van der Waals surface area contributed by atoms with Gasteiger partial charge < -0.3 is 14.8 Å². The zero-order valence-corrected chi connectivity index (χ0v) is 18.3. The van der Waals surface area contributed by atoms with Crippen molar-refractivity contribution >= 4 is 38.7 Å². The number of ether oxygens (including phenoxy) is 2. The first-order valence-corrected chi connectivity index (χ1v) is 11.8. The van der Waals surface area contributed by atoms with Crippen molar-refractivity contribution in [2.75, 3.05) is 25.2 Å². The summed E-state index contributed by atoms with van der Waals surface area (Å²) < 4.78 is 38.2. The maximum absolute atomic E-state index is 12.9. The van der Waals surface area contributed by atoms with Crippen molar-refractivity contribution in [2.45, 2.75) is 30.9 Å². The number of carbonyl (C=O) groups excluding carboxylic acids is 2. The monoisotopic (exact) mass is 450 g/mol. The zero-order valence-electron chi connectivity index (χ0n) is 16.6. The molecule has 1 N–H and O–H groups in total. The summed E-state index contributed by atoms with van der Waals surface area (Å²) in [5.74, 6) is -0.140. The molecule has 0 aliphatic carbocycles. The summed E-state index contributed by atoms with van der Waals surface area (Å²) in [6.07, 6.45) is 1.16. The highest BCUT2D eigenvalue weighted by Crippen LogP contribution is 2.37. The summed E-state index contributed by atoms with van der Waals surface area (Å²) >= 11 is 1.22. The Balaban J connectivity index is 1.52. The van der Waals surface area contributed by atoms with E-state index in [0.717, 1.165) is 4.88 Å². The fourth-order valence-corrected chi connectivity index (χ4v) is 6.59. The Morgan fingerprint density at radius 1 is 1.20 bits per heavy atom. The minimum Gasteiger partial charge on any atom is -0.454 e. The topological polar surface area (TPSA) is 102 Å². The summed E-state index contributed by atoms with van der Waals surface area (Å²) in [5.41, 5.74) is 0.660. The van der Waals surface area contributed by atoms with E-state index < -0.39 is 15.9 Å². The first-order chi connectivity index (χ1) is 14.3. The van der Waals surface area contributed by atoms with E-state index >= 15 is 0 Å². The molecule has 1 atom stereocenters. The number of nitrogens with zero attached hydrogens (tertiary/aromatic N) is 1. The molecule has 1 amide bonds. The SMILES string of the molecule is CC(=O)c1cc2c(cc1NC(=O)C1CCCN(S(=O)(=O)c3ccc(C)s3)C1)OCO2. The average Bonchev–Trinajstić information content (AvgIpc) is 3.36. The molecule has 2 aliphatic heterocycles. The molecule has 2 aliphatic rings. The number of hydrogen-bond donors (Lipinski definition) is 1. The van der Waals surface area contributed by atoms with Gasteiger partial charge in [-0.15, -0.1) is 11.3 Å². The lowest BCUT2D eigenvalue weighted by Gasteiger charge is -2.31. The van der Waals surface area contributed by atoms with Crippen molar-refractivity contribution in [1.29, 1.82) is 0 Å². The van der Waals surface area contributed by atoms with Gasteiger partial charge in [0, 0.05) is 29.6 Å². The van der Waals surface area contributed by atoms with E-state index in [1.54, 1.807) is 24.3 Å². The minimum atomic E-state index is -3.63. The van der Waals surface area contributed by atoms with Gasteiger partial charge in [-0.25, -0.2) is 8.42 Å². The summed E-state index contributed by atoms with van der Waals surface area (Å²) in [5, 5.41) is 2.79. The van der Waals surface area contributed by atoms with Crippen molar-refractivity contribution in [3.8, 4) is 11.5 Å². The van der Waals surface area contributed by atoms with Crippen LogP contribution in [-0.4, -0.2) is 44.3 Å². The summed E-state index contributed by atoms with van der Waals surface area (Å²) in [4.78, 5) is 25.9. The number of rotatable bonds is 5. The van der Waals surface area contributed by atoms with Crippen LogP contribution in [0.4, 0.5) is 5.69 Å². The largest absolute Gasteiger partial charge is 0.454 e. The normalized spacial score (nSPS) is 18.9. The fourth-order valence-electron chi connectivity index (χ4n) is 3.62. The van der Waals surface area contributed by atoms with Gasteiger partial charge in [-0.05, 0) is 44.9 Å². The lowest BCUT2D eigenvalue weighted by atomic mass is 9.98. The maximum atomic E-state index is 12.9. The molecule has 10 heteroatoms. The van der Waals surface area contributed by atoms with E-state index in [-0.39, 0.29) is 29.2 Å². The number of amides is 1. The van der Waals surface area contributed by atoms with E-state index in [9.17, 15) is 18.0 Å². The van der Waals surface area contributed by atoms with Crippen LogP contribution in [0.2, 0.25) is 0 Å². The summed E-state index contributed by atoms with van der Waals surface area (Å²) in [7, 11) is -3.63. The number of anilines is 1. The first kappa shape index (κ1) is 20.8. The van der Waals surface area contributed by atoms with Gasteiger partial charge in [-0.3, -0.25) is 9.59 Å². The quantitative estimate of drug-likeness (QED) is 0.703. The molecule has 1 saturated heterocycles. The Kier molecular flexibility index (Phi) is 5.56. The molecule has 1 aromatic carbocycles. The van der Waals surface area contributed by atoms with E-state index in [1.807, 2.05) is 6.92 Å². The smallest absolute Gasteiger partial charge is 0.252 e. The van der Waals surface area contributed by atoms with Gasteiger partial charge in [0.15, 0.2) is 17.3 Å². The molecule has 2 aromatic rings. The predicted octanol–water partition coefficient (Wildman–Crippen LogP) is 3.03. The number of ketones is 1. The van der Waals surface area contributed by atoms with Crippen LogP contribution >= 0.6 is 11.3 Å². The van der Waals surface area contributed by atoms with Crippen LogP contribution in [0, 0.1) is 12.8 Å². The van der Waals surface area contributed by atoms with Crippen LogP contribution in [0.3, 0.4) is 0 Å². The fraction of sp³-hybridized carbons (Fsp3) is 0.400. The van der Waals surface area contributed by atoms with Crippen LogP contribution in [0.1, 0.15) is 35.0 Å². The second-order valence-electron chi connectivity index (χ2n) is 7.36. The lowest BCUT2D eigenvalue weighted by molar-refractivity contribution is -0.120. The van der Waals surface area contributed by atoms with Crippen molar-refractivity contribution < 1.29 is 27.5 Å². The molecule has 160 valence electrons. The number of Topliss-reactive ketones (excluding diaryl/α,β-unsaturated/α-hetero) is 1. The Labute approximate surface area is 178 Å². The summed E-state index contributed by atoms with van der Waals surface area (Å²) in [6, 6.07) is 6.50. The molecule has 1 aromatic heterocycles. The van der Waals surface area contributed by atoms with E-state index in [4.69, 9.17) is 9.47 Å². The third-order valence-corrected chi connectivity index (χ3v) is 8.55. The van der Waals surface area contributed by atoms with Crippen LogP contribution < -0.4 is 14.8 Å². The second kappa shape index (κ2) is 8.01. The minimum absolute atomic E-state index is 0.0573. The molecule has 4 rings (SSSR count). The number of nitrogens with one attached hydrogen (secondary N) is 1. The van der Waals surface area contributed by atoms with Crippen LogP contribution in [-0.2, 0) is 14.8 Å². The third kappa shape index (κ3) is 3.94. The molecule has 1 unspecified atom stereocenters. The Morgan fingerprint density at radius 2 is 1.93 bits per heavy atom. The number of aryl methyl sites for hydroxylation is 1. The highest BCUT2D eigenvalue weighted by molar-refractivity contribution is 7.91. The number of hydrogen-bond acceptors (Lipinski definition) is 7. The molecular weight excluding hydrogens is 428 g/mol. The number of benzene rings is 1. The van der Waals surface area contributed by atoms with Gasteiger partial charge in [0.1, 0.15) is 4.21 Å². The number of fused-ring (bicyclic) bond motifs is 1. The van der Waals surface area contributed by atoms with Crippen molar-refractivity contribution in [3.63, 3.8) is 0 Å². The Hall–Kier alpha value is -2.43. The Morgan fingerprint density at radius 3 is 2.60 bits per heavy atom. The molecule has 1 fully saturated rings. The molecule has 30 heavy (non-hydrogen) atoms. The third-order valence-electron chi connectivity index (χ3n) is 5.21. The number of piperidine rings is 1. The van der Waals surface area contributed by atoms with Crippen LogP contribution in [0.5, 0.6) is 11.5 Å². The second-order valence-corrected chi connectivity index (χ2v) is 10.8. The molecular formula is C20H22N2O6S2. The van der Waals surface area contributed by atoms with E-state index in [2.05, 4.69) is 5.32 Å². The lowest BCUT2D eigenvalue weighted by Crippen LogP contribution is -2.43. The van der Waals surface area contributed by atoms with Gasteiger partial charge in [0.25, 0.3) is 10.0 Å². The van der Waals surface area contributed by atoms with Gasteiger partial charge in [0.05, 0.1) is 11.6 Å². The van der Waals surface area contributed by atoms with Crippen LogP contribution in [0.15, 0.2) is 28.5 Å². The van der Waals surface area contributed by atoms with Gasteiger partial charge in [-0.1, -0.05) is 0 Å². The van der Waals surface area contributed by atoms with Gasteiger partial charge in [-0.2, -0.15) is 4.31 Å². The molecule has 0 saturated carbocycles. The van der Waals surface area contributed by atoms with E-state index in [0.29, 0.717) is 42.1 Å². The Bertz CT molecular complexity index is 1110. The van der Waals surface area contributed by atoms with Crippen molar-refractivity contribution in [1.82, 2.24) is 4.31 Å². The number of carbonyl (C=O) groups is 2. The molecule has 0 spiro atoms. The van der Waals surface area contributed by atoms with Crippen molar-refractivity contribution in [2.24, 2.45) is 5.92 Å². The number of thiophene rings is 1. The standard InChI is InChI=1S/C20H22N2O6S2/c1-12-5-6-19(29-12)30(25,26)22-7-3-4-14(10-22)20(24)21-16-9-18-17(27-11-28-18)8-15(16)13(2)23/h5-6,8-9,14H,3-4,7,10-11H2,1-2H3,(H,21,24). The molecule has 0 bridgehead atoms. The molecule has 0 radical (unpaired) electrons. The van der Waals surface area contributed by atoms with Crippen molar-refractivity contribution in [3.05, 3.63) is 34.7 Å². The number of sulfonamides is 1. The zero-order chi connectivity index (χ0) is 21.5. The van der Waals surface area contributed by atoms with Gasteiger partial charge >= 0.3 is 0 Å². The predicted molar refractivity (Wildman–Crippen MR) is 112 cm³/mol. The molecule has 3 heterocycles. The van der Waals surface area contributed by atoms with Crippen LogP contribution in [0.25, 0.3) is 0 Å². The maximum Gasteiger partial charge on any atom is 0.252 e. The average molecular weight is 451 g/mol. The highest BCUT2D eigenvalue weighted by atomic mass is 32.2. The van der Waals surface area contributed by atoms with E-state index in [1.165, 1.54) is 22.6 Å². The highest BCUT2D eigenvalue weighted by Gasteiger charge is 2.34. The molecule has 8 nitrogen and oxygen atoms in total.